The Balaban J connectivity index is 2.24. The van der Waals surface area contributed by atoms with Crippen molar-refractivity contribution in [2.45, 2.75) is 25.8 Å². The predicted molar refractivity (Wildman–Crippen MR) is 79.3 cm³/mol. The molecule has 1 aromatic carbocycles. The van der Waals surface area contributed by atoms with Gasteiger partial charge in [-0.15, -0.1) is 0 Å². The molecule has 0 radical (unpaired) electrons. The van der Waals surface area contributed by atoms with Crippen LogP contribution >= 0.6 is 0 Å². The number of para-hydroxylation sites is 1. The van der Waals surface area contributed by atoms with Gasteiger partial charge in [0.25, 0.3) is 0 Å². The number of sulfone groups is 1. The van der Waals surface area contributed by atoms with E-state index in [1.54, 1.807) is 0 Å². The number of benzene rings is 1. The second kappa shape index (κ2) is 5.92. The second-order valence-electron chi connectivity index (χ2n) is 5.18. The molecule has 1 aliphatic heterocycles. The zero-order chi connectivity index (χ0) is 13.9. The van der Waals surface area contributed by atoms with Gasteiger partial charge in [0.05, 0.1) is 11.5 Å². The summed E-state index contributed by atoms with van der Waals surface area (Å²) >= 11 is 0. The van der Waals surface area contributed by atoms with Crippen LogP contribution in [0, 0.1) is 6.92 Å². The lowest BCUT2D eigenvalue weighted by atomic mass is 10.1. The smallest absolute Gasteiger partial charge is 0.152 e. The molecular weight excluding hydrogens is 260 g/mol. The summed E-state index contributed by atoms with van der Waals surface area (Å²) in [5, 5.41) is 0. The number of anilines is 1. The Kier molecular flexibility index (Phi) is 4.47. The zero-order valence-corrected chi connectivity index (χ0v) is 12.2. The van der Waals surface area contributed by atoms with Gasteiger partial charge in [-0.2, -0.15) is 0 Å². The lowest BCUT2D eigenvalue weighted by Gasteiger charge is -2.31. The van der Waals surface area contributed by atoms with Crippen molar-refractivity contribution < 1.29 is 8.42 Å². The summed E-state index contributed by atoms with van der Waals surface area (Å²) in [6, 6.07) is 8.23. The van der Waals surface area contributed by atoms with Gasteiger partial charge < -0.3 is 10.6 Å². The maximum Gasteiger partial charge on any atom is 0.152 e. The van der Waals surface area contributed by atoms with Crippen LogP contribution in [-0.2, 0) is 9.84 Å². The Hall–Kier alpha value is -1.07. The third-order valence-corrected chi connectivity index (χ3v) is 5.43. The van der Waals surface area contributed by atoms with Gasteiger partial charge >= 0.3 is 0 Å². The van der Waals surface area contributed by atoms with Crippen LogP contribution < -0.4 is 10.6 Å². The number of nitrogens with zero attached hydrogens (tertiary/aromatic N) is 1. The van der Waals surface area contributed by atoms with Gasteiger partial charge in [0.15, 0.2) is 9.84 Å². The molecule has 2 N–H and O–H groups in total. The number of hydrogen-bond acceptors (Lipinski definition) is 4. The van der Waals surface area contributed by atoms with E-state index in [-0.39, 0.29) is 11.8 Å². The van der Waals surface area contributed by atoms with Crippen molar-refractivity contribution in [3.05, 3.63) is 29.8 Å². The van der Waals surface area contributed by atoms with Crippen LogP contribution in [0.1, 0.15) is 18.4 Å². The minimum absolute atomic E-state index is 0.0950. The highest BCUT2D eigenvalue weighted by Crippen LogP contribution is 2.27. The van der Waals surface area contributed by atoms with Crippen LogP contribution in [0.5, 0.6) is 0 Å². The molecule has 1 atom stereocenters. The molecule has 19 heavy (non-hydrogen) atoms. The fourth-order valence-electron chi connectivity index (χ4n) is 2.67. The Morgan fingerprint density at radius 3 is 2.68 bits per heavy atom. The second-order valence-corrected chi connectivity index (χ2v) is 7.41. The van der Waals surface area contributed by atoms with E-state index < -0.39 is 9.84 Å². The van der Waals surface area contributed by atoms with E-state index in [1.807, 2.05) is 12.1 Å². The molecule has 1 aromatic rings. The molecular formula is C14H22N2O2S. The van der Waals surface area contributed by atoms with Crippen LogP contribution in [0.4, 0.5) is 5.69 Å². The standard InChI is InChI=1S/C14H22N2O2S/c1-12-5-2-3-6-14(12)16(9-4-8-15)13-7-10-19(17,18)11-13/h2-3,5-6,13H,4,7-11,15H2,1H3. The van der Waals surface area contributed by atoms with Crippen LogP contribution in [0.2, 0.25) is 0 Å². The largest absolute Gasteiger partial charge is 0.367 e. The quantitative estimate of drug-likeness (QED) is 0.885. The third kappa shape index (κ3) is 3.48. The van der Waals surface area contributed by atoms with E-state index in [2.05, 4.69) is 24.0 Å². The fraction of sp³-hybridized carbons (Fsp3) is 0.571. The molecule has 5 heteroatoms. The van der Waals surface area contributed by atoms with Gasteiger partial charge in [-0.3, -0.25) is 0 Å². The lowest BCUT2D eigenvalue weighted by molar-refractivity contribution is 0.597. The van der Waals surface area contributed by atoms with Gasteiger partial charge in [-0.25, -0.2) is 8.42 Å². The molecule has 0 spiro atoms. The average Bonchev–Trinajstić information content (AvgIpc) is 2.72. The summed E-state index contributed by atoms with van der Waals surface area (Å²) in [4.78, 5) is 2.23. The molecule has 1 saturated heterocycles. The maximum absolute atomic E-state index is 11.7. The van der Waals surface area contributed by atoms with Gasteiger partial charge in [-0.05, 0) is 37.9 Å². The number of hydrogen-bond donors (Lipinski definition) is 1. The van der Waals surface area contributed by atoms with Crippen molar-refractivity contribution in [2.24, 2.45) is 5.73 Å². The number of aryl methyl sites for hydroxylation is 1. The molecule has 1 unspecified atom stereocenters. The SMILES string of the molecule is Cc1ccccc1N(CCCN)C1CCS(=O)(=O)C1. The first kappa shape index (κ1) is 14.3. The minimum Gasteiger partial charge on any atom is -0.367 e. The highest BCUT2D eigenvalue weighted by molar-refractivity contribution is 7.91. The van der Waals surface area contributed by atoms with Crippen molar-refractivity contribution in [1.29, 1.82) is 0 Å². The summed E-state index contributed by atoms with van der Waals surface area (Å²) in [6.07, 6.45) is 1.60. The van der Waals surface area contributed by atoms with E-state index >= 15 is 0 Å². The highest BCUT2D eigenvalue weighted by atomic mass is 32.2. The van der Waals surface area contributed by atoms with E-state index in [1.165, 1.54) is 5.56 Å². The number of rotatable bonds is 5. The lowest BCUT2D eigenvalue weighted by Crippen LogP contribution is -2.38. The molecule has 0 aromatic heterocycles. The molecule has 106 valence electrons. The normalized spacial score (nSPS) is 21.5. The van der Waals surface area contributed by atoms with Crippen LogP contribution in [0.15, 0.2) is 24.3 Å². The summed E-state index contributed by atoms with van der Waals surface area (Å²) < 4.78 is 23.4. The molecule has 1 fully saturated rings. The Labute approximate surface area is 115 Å². The van der Waals surface area contributed by atoms with Gasteiger partial charge in [0, 0.05) is 18.3 Å². The minimum atomic E-state index is -2.86. The van der Waals surface area contributed by atoms with Crippen molar-refractivity contribution in [2.75, 3.05) is 29.5 Å². The third-order valence-electron chi connectivity index (χ3n) is 3.68. The first-order chi connectivity index (χ1) is 9.03. The van der Waals surface area contributed by atoms with Gasteiger partial charge in [0.2, 0.25) is 0 Å². The zero-order valence-electron chi connectivity index (χ0n) is 11.4. The van der Waals surface area contributed by atoms with E-state index in [9.17, 15) is 8.42 Å². The Morgan fingerprint density at radius 2 is 2.11 bits per heavy atom. The van der Waals surface area contributed by atoms with Crippen LogP contribution in [0.25, 0.3) is 0 Å². The maximum atomic E-state index is 11.7. The van der Waals surface area contributed by atoms with Crippen LogP contribution in [-0.4, -0.2) is 39.1 Å². The predicted octanol–water partition coefficient (Wildman–Crippen LogP) is 1.34. The van der Waals surface area contributed by atoms with E-state index in [0.717, 1.165) is 25.1 Å². The Morgan fingerprint density at radius 1 is 1.37 bits per heavy atom. The van der Waals surface area contributed by atoms with Crippen LogP contribution in [0.3, 0.4) is 0 Å². The first-order valence-electron chi connectivity index (χ1n) is 6.76. The van der Waals surface area contributed by atoms with Crippen molar-refractivity contribution in [3.63, 3.8) is 0 Å². The topological polar surface area (TPSA) is 63.4 Å². The van der Waals surface area contributed by atoms with E-state index in [0.29, 0.717) is 12.3 Å². The first-order valence-corrected chi connectivity index (χ1v) is 8.58. The van der Waals surface area contributed by atoms with Gasteiger partial charge in [0.1, 0.15) is 0 Å². The molecule has 0 amide bonds. The fourth-order valence-corrected chi connectivity index (χ4v) is 4.40. The summed E-state index contributed by atoms with van der Waals surface area (Å²) in [5.41, 5.74) is 7.92. The number of nitrogens with two attached hydrogens (primary N) is 1. The monoisotopic (exact) mass is 282 g/mol. The highest BCUT2D eigenvalue weighted by Gasteiger charge is 2.32. The molecule has 0 aliphatic carbocycles. The van der Waals surface area contributed by atoms with Crippen molar-refractivity contribution in [1.82, 2.24) is 0 Å². The van der Waals surface area contributed by atoms with Gasteiger partial charge in [-0.1, -0.05) is 18.2 Å². The van der Waals surface area contributed by atoms with E-state index in [4.69, 9.17) is 5.73 Å². The molecule has 1 heterocycles. The molecule has 1 aliphatic rings. The molecule has 0 bridgehead atoms. The van der Waals surface area contributed by atoms with Crippen molar-refractivity contribution in [3.8, 4) is 0 Å². The molecule has 4 nitrogen and oxygen atoms in total. The average molecular weight is 282 g/mol. The summed E-state index contributed by atoms with van der Waals surface area (Å²) in [7, 11) is -2.86. The molecule has 0 saturated carbocycles. The summed E-state index contributed by atoms with van der Waals surface area (Å²) in [5.74, 6) is 0.578. The Bertz CT molecular complexity index is 528. The molecule has 2 rings (SSSR count). The van der Waals surface area contributed by atoms with Crippen molar-refractivity contribution >= 4 is 15.5 Å². The summed E-state index contributed by atoms with van der Waals surface area (Å²) in [6.45, 7) is 3.51.